The molecule has 1 aliphatic rings. The van der Waals surface area contributed by atoms with Crippen LogP contribution in [0.2, 0.25) is 5.02 Å². The fourth-order valence-corrected chi connectivity index (χ4v) is 3.64. The van der Waals surface area contributed by atoms with Gasteiger partial charge in [0.15, 0.2) is 11.6 Å². The number of nitrogens with one attached hydrogen (secondary N) is 1. The van der Waals surface area contributed by atoms with Crippen LogP contribution in [0.4, 0.5) is 15.9 Å². The van der Waals surface area contributed by atoms with E-state index in [9.17, 15) is 14.0 Å². The van der Waals surface area contributed by atoms with Crippen molar-refractivity contribution in [2.75, 3.05) is 23.3 Å². The van der Waals surface area contributed by atoms with Gasteiger partial charge in [0.1, 0.15) is 6.54 Å². The average molecular weight is 419 g/mol. The summed E-state index contributed by atoms with van der Waals surface area (Å²) in [4.78, 5) is 31.6. The molecule has 0 atom stereocenters. The van der Waals surface area contributed by atoms with Crippen molar-refractivity contribution in [1.82, 2.24) is 19.2 Å². The van der Waals surface area contributed by atoms with Crippen molar-refractivity contribution in [2.24, 2.45) is 0 Å². The Balaban J connectivity index is 1.60. The smallest absolute Gasteiger partial charge is 0.350 e. The molecule has 0 unspecified atom stereocenters. The zero-order valence-electron chi connectivity index (χ0n) is 15.6. The normalized spacial score (nSPS) is 14.8. The molecule has 152 valence electrons. The average Bonchev–Trinajstić information content (AvgIpc) is 2.89. The van der Waals surface area contributed by atoms with E-state index in [4.69, 9.17) is 11.6 Å². The molecule has 1 saturated heterocycles. The van der Waals surface area contributed by atoms with E-state index in [1.807, 2.05) is 0 Å². The van der Waals surface area contributed by atoms with Gasteiger partial charge in [0, 0.05) is 25.5 Å². The van der Waals surface area contributed by atoms with Crippen LogP contribution in [0, 0.1) is 5.82 Å². The van der Waals surface area contributed by atoms with Gasteiger partial charge in [0.05, 0.1) is 10.7 Å². The third-order valence-electron chi connectivity index (χ3n) is 4.91. The molecule has 4 rings (SSSR count). The van der Waals surface area contributed by atoms with Crippen LogP contribution in [-0.2, 0) is 11.3 Å². The number of hydrogen-bond acceptors (Lipinski definition) is 5. The Kier molecular flexibility index (Phi) is 5.48. The number of fused-ring (bicyclic) bond motifs is 1. The fourth-order valence-electron chi connectivity index (χ4n) is 3.47. The molecule has 1 aromatic carbocycles. The molecule has 8 nitrogen and oxygen atoms in total. The summed E-state index contributed by atoms with van der Waals surface area (Å²) >= 11 is 5.73. The first kappa shape index (κ1) is 19.4. The molecule has 29 heavy (non-hydrogen) atoms. The summed E-state index contributed by atoms with van der Waals surface area (Å²) in [7, 11) is 0. The Labute approximate surface area is 170 Å². The van der Waals surface area contributed by atoms with Gasteiger partial charge in [-0.25, -0.2) is 23.3 Å². The van der Waals surface area contributed by atoms with E-state index < -0.39 is 17.4 Å². The second-order valence-corrected chi connectivity index (χ2v) is 7.34. The fraction of sp³-hybridized carbons (Fsp3) is 0.368. The molecule has 0 spiro atoms. The topological polar surface area (TPSA) is 84.5 Å². The molecule has 0 bridgehead atoms. The highest BCUT2D eigenvalue weighted by Gasteiger charge is 2.19. The molecule has 0 radical (unpaired) electrons. The number of aromatic nitrogens is 4. The highest BCUT2D eigenvalue weighted by molar-refractivity contribution is 6.31. The molecule has 3 heterocycles. The molecular formula is C19H20ClFN6O2. The first-order valence-corrected chi connectivity index (χ1v) is 9.85. The molecule has 1 fully saturated rings. The number of carbonyl (C=O) groups is 1. The minimum absolute atomic E-state index is 0.0498. The Morgan fingerprint density at radius 2 is 1.97 bits per heavy atom. The monoisotopic (exact) mass is 418 g/mol. The number of carbonyl (C=O) groups excluding carboxylic acids is 1. The Bertz CT molecular complexity index is 1100. The van der Waals surface area contributed by atoms with Crippen LogP contribution < -0.4 is 15.9 Å². The number of rotatable bonds is 4. The summed E-state index contributed by atoms with van der Waals surface area (Å²) < 4.78 is 16.4. The number of benzene rings is 1. The van der Waals surface area contributed by atoms with Gasteiger partial charge in [-0.1, -0.05) is 30.5 Å². The summed E-state index contributed by atoms with van der Waals surface area (Å²) in [5.74, 6) is -0.676. The molecule has 10 heteroatoms. The predicted molar refractivity (Wildman–Crippen MR) is 108 cm³/mol. The van der Waals surface area contributed by atoms with Crippen molar-refractivity contribution in [3.05, 3.63) is 51.9 Å². The van der Waals surface area contributed by atoms with Gasteiger partial charge in [0.2, 0.25) is 11.6 Å². The number of nitrogens with zero attached hydrogens (tertiary/aromatic N) is 5. The minimum Gasteiger partial charge on any atom is -0.353 e. The summed E-state index contributed by atoms with van der Waals surface area (Å²) in [6.45, 7) is 1.34. The van der Waals surface area contributed by atoms with Gasteiger partial charge < -0.3 is 10.2 Å². The summed E-state index contributed by atoms with van der Waals surface area (Å²) in [5, 5.41) is 6.65. The van der Waals surface area contributed by atoms with Crippen LogP contribution in [-0.4, -0.2) is 38.2 Å². The van der Waals surface area contributed by atoms with E-state index in [1.165, 1.54) is 41.6 Å². The van der Waals surface area contributed by atoms with Crippen molar-refractivity contribution in [3.8, 4) is 0 Å². The third kappa shape index (κ3) is 3.95. The van der Waals surface area contributed by atoms with E-state index in [2.05, 4.69) is 20.3 Å². The van der Waals surface area contributed by atoms with Crippen LogP contribution in [0.5, 0.6) is 0 Å². The van der Waals surface area contributed by atoms with Crippen LogP contribution in [0.15, 0.2) is 35.4 Å². The Morgan fingerprint density at radius 3 is 2.72 bits per heavy atom. The number of hydrogen-bond donors (Lipinski definition) is 1. The molecule has 2 aromatic heterocycles. The molecule has 0 saturated carbocycles. The zero-order chi connectivity index (χ0) is 20.4. The van der Waals surface area contributed by atoms with Crippen molar-refractivity contribution >= 4 is 34.7 Å². The van der Waals surface area contributed by atoms with Gasteiger partial charge in [-0.15, -0.1) is 5.10 Å². The zero-order valence-corrected chi connectivity index (χ0v) is 16.4. The summed E-state index contributed by atoms with van der Waals surface area (Å²) in [6, 6.07) is 4.31. The lowest BCUT2D eigenvalue weighted by molar-refractivity contribution is -0.117. The minimum atomic E-state index is -0.725. The molecule has 3 aromatic rings. The number of amides is 1. The largest absolute Gasteiger partial charge is 0.353 e. The third-order valence-corrected chi connectivity index (χ3v) is 5.20. The quantitative estimate of drug-likeness (QED) is 0.704. The van der Waals surface area contributed by atoms with Gasteiger partial charge in [0.25, 0.3) is 0 Å². The van der Waals surface area contributed by atoms with E-state index >= 15 is 0 Å². The molecular weight excluding hydrogens is 399 g/mol. The van der Waals surface area contributed by atoms with E-state index in [-0.39, 0.29) is 17.3 Å². The van der Waals surface area contributed by atoms with Crippen LogP contribution in [0.25, 0.3) is 5.65 Å². The van der Waals surface area contributed by atoms with E-state index in [1.54, 1.807) is 6.20 Å². The van der Waals surface area contributed by atoms with Crippen LogP contribution in [0.3, 0.4) is 0 Å². The summed E-state index contributed by atoms with van der Waals surface area (Å²) in [5.41, 5.74) is -0.104. The van der Waals surface area contributed by atoms with E-state index in [0.717, 1.165) is 30.6 Å². The van der Waals surface area contributed by atoms with Gasteiger partial charge >= 0.3 is 5.69 Å². The highest BCUT2D eigenvalue weighted by Crippen LogP contribution is 2.22. The standard InChI is InChI=1S/C19H20ClFN6O2/c20-13-6-5-7-14(16(13)21)23-15(28)12-27-19(29)26-11-8-22-17(18(26)24-27)25-9-3-1-2-4-10-25/h5-8,11H,1-4,9-10,12H2,(H,23,28). The molecule has 0 aliphatic carbocycles. The van der Waals surface area contributed by atoms with Crippen molar-refractivity contribution in [3.63, 3.8) is 0 Å². The molecule has 1 amide bonds. The van der Waals surface area contributed by atoms with Gasteiger partial charge in [-0.2, -0.15) is 0 Å². The SMILES string of the molecule is O=C(Cn1nc2c(N3CCCCCC3)nccn2c1=O)Nc1cccc(Cl)c1F. The Morgan fingerprint density at radius 1 is 1.21 bits per heavy atom. The predicted octanol–water partition coefficient (Wildman–Crippen LogP) is 2.70. The second kappa shape index (κ2) is 8.20. The van der Waals surface area contributed by atoms with Gasteiger partial charge in [-0.3, -0.25) is 4.79 Å². The highest BCUT2D eigenvalue weighted by atomic mass is 35.5. The van der Waals surface area contributed by atoms with Gasteiger partial charge in [-0.05, 0) is 25.0 Å². The first-order chi connectivity index (χ1) is 14.0. The number of halogens is 2. The summed E-state index contributed by atoms with van der Waals surface area (Å²) in [6.07, 6.45) is 7.53. The van der Waals surface area contributed by atoms with Crippen LogP contribution >= 0.6 is 11.6 Å². The maximum absolute atomic E-state index is 14.0. The lowest BCUT2D eigenvalue weighted by Gasteiger charge is -2.20. The van der Waals surface area contributed by atoms with Crippen molar-refractivity contribution < 1.29 is 9.18 Å². The number of anilines is 2. The first-order valence-electron chi connectivity index (χ1n) is 9.47. The molecule has 1 aliphatic heterocycles. The maximum Gasteiger partial charge on any atom is 0.350 e. The van der Waals surface area contributed by atoms with Crippen LogP contribution in [0.1, 0.15) is 25.7 Å². The lowest BCUT2D eigenvalue weighted by atomic mass is 10.2. The van der Waals surface area contributed by atoms with Crippen molar-refractivity contribution in [2.45, 2.75) is 32.2 Å². The van der Waals surface area contributed by atoms with E-state index in [0.29, 0.717) is 11.5 Å². The molecule has 1 N–H and O–H groups in total. The van der Waals surface area contributed by atoms with Crippen molar-refractivity contribution in [1.29, 1.82) is 0 Å². The maximum atomic E-state index is 14.0. The second-order valence-electron chi connectivity index (χ2n) is 6.94. The lowest BCUT2D eigenvalue weighted by Crippen LogP contribution is -2.28. The Hall–Kier alpha value is -2.94.